The topological polar surface area (TPSA) is 43.1 Å². The van der Waals surface area contributed by atoms with E-state index in [1.807, 2.05) is 0 Å². The Morgan fingerprint density at radius 3 is 2.50 bits per heavy atom. The fourth-order valence-corrected chi connectivity index (χ4v) is 1.04. The molecule has 3 heteroatoms. The van der Waals surface area contributed by atoms with Crippen LogP contribution in [0.1, 0.15) is 19.4 Å². The summed E-state index contributed by atoms with van der Waals surface area (Å²) in [4.78, 5) is 11.5. The van der Waals surface area contributed by atoms with Crippen LogP contribution in [-0.2, 0) is 11.2 Å². The number of nitrogens with two attached hydrogens (primary N) is 1. The molecule has 14 heavy (non-hydrogen) atoms. The molecule has 2 N–H and O–H groups in total. The second kappa shape index (κ2) is 3.88. The average molecular weight is 195 g/mol. The summed E-state index contributed by atoms with van der Waals surface area (Å²) in [6.07, 6.45) is 0.0518. The minimum atomic E-state index is -0.901. The highest BCUT2D eigenvalue weighted by Crippen LogP contribution is 2.11. The third-order valence-corrected chi connectivity index (χ3v) is 2.03. The molecule has 0 aliphatic rings. The molecule has 0 saturated carbocycles. The number of ketones is 1. The molecule has 0 amide bonds. The third kappa shape index (κ3) is 2.64. The van der Waals surface area contributed by atoms with Crippen molar-refractivity contribution >= 4 is 5.78 Å². The predicted molar refractivity (Wildman–Crippen MR) is 53.4 cm³/mol. The maximum absolute atomic E-state index is 13.1. The third-order valence-electron chi connectivity index (χ3n) is 2.03. The summed E-state index contributed by atoms with van der Waals surface area (Å²) in [5.41, 5.74) is 5.10. The van der Waals surface area contributed by atoms with E-state index in [2.05, 4.69) is 0 Å². The molecule has 0 atom stereocenters. The zero-order chi connectivity index (χ0) is 10.8. The fourth-order valence-electron chi connectivity index (χ4n) is 1.04. The quantitative estimate of drug-likeness (QED) is 0.797. The van der Waals surface area contributed by atoms with Crippen LogP contribution in [0.15, 0.2) is 24.3 Å². The zero-order valence-electron chi connectivity index (χ0n) is 8.38. The SMILES string of the molecule is CC(C)(N)C(=O)Cc1ccccc1F. The molecule has 0 aliphatic carbocycles. The largest absolute Gasteiger partial charge is 0.319 e. The van der Waals surface area contributed by atoms with E-state index in [0.29, 0.717) is 5.56 Å². The second-order valence-corrected chi connectivity index (χ2v) is 3.91. The second-order valence-electron chi connectivity index (χ2n) is 3.91. The van der Waals surface area contributed by atoms with E-state index >= 15 is 0 Å². The van der Waals surface area contributed by atoms with E-state index in [4.69, 9.17) is 5.73 Å². The van der Waals surface area contributed by atoms with Crippen LogP contribution in [0.4, 0.5) is 4.39 Å². The smallest absolute Gasteiger partial charge is 0.156 e. The van der Waals surface area contributed by atoms with Crippen molar-refractivity contribution < 1.29 is 9.18 Å². The van der Waals surface area contributed by atoms with Gasteiger partial charge in [0, 0.05) is 6.42 Å². The van der Waals surface area contributed by atoms with Gasteiger partial charge in [-0.1, -0.05) is 18.2 Å². The van der Waals surface area contributed by atoms with E-state index in [1.54, 1.807) is 32.0 Å². The summed E-state index contributed by atoms with van der Waals surface area (Å²) in [5, 5.41) is 0. The maximum Gasteiger partial charge on any atom is 0.156 e. The van der Waals surface area contributed by atoms with Gasteiger partial charge < -0.3 is 5.73 Å². The Morgan fingerprint density at radius 2 is 2.00 bits per heavy atom. The first-order valence-electron chi connectivity index (χ1n) is 4.47. The Balaban J connectivity index is 2.80. The first kappa shape index (κ1) is 10.9. The Morgan fingerprint density at radius 1 is 1.43 bits per heavy atom. The van der Waals surface area contributed by atoms with Gasteiger partial charge in [-0.3, -0.25) is 4.79 Å². The molecule has 1 aromatic rings. The average Bonchev–Trinajstić information content (AvgIpc) is 2.07. The van der Waals surface area contributed by atoms with Crippen molar-refractivity contribution in [2.24, 2.45) is 5.73 Å². The lowest BCUT2D eigenvalue weighted by Crippen LogP contribution is -2.42. The minimum Gasteiger partial charge on any atom is -0.319 e. The van der Waals surface area contributed by atoms with Crippen molar-refractivity contribution in [3.8, 4) is 0 Å². The van der Waals surface area contributed by atoms with Crippen LogP contribution >= 0.6 is 0 Å². The number of hydrogen-bond donors (Lipinski definition) is 1. The molecule has 0 radical (unpaired) electrons. The molecule has 0 heterocycles. The first-order valence-corrected chi connectivity index (χ1v) is 4.47. The normalized spacial score (nSPS) is 11.4. The lowest BCUT2D eigenvalue weighted by Gasteiger charge is -2.16. The van der Waals surface area contributed by atoms with Gasteiger partial charge in [0.1, 0.15) is 5.82 Å². The monoisotopic (exact) mass is 195 g/mol. The summed E-state index contributed by atoms with van der Waals surface area (Å²) in [7, 11) is 0. The highest BCUT2D eigenvalue weighted by Gasteiger charge is 2.22. The number of carbonyl (C=O) groups excluding carboxylic acids is 1. The van der Waals surface area contributed by atoms with E-state index < -0.39 is 5.54 Å². The van der Waals surface area contributed by atoms with Crippen LogP contribution in [0.25, 0.3) is 0 Å². The lowest BCUT2D eigenvalue weighted by atomic mass is 9.95. The van der Waals surface area contributed by atoms with E-state index in [9.17, 15) is 9.18 Å². The van der Waals surface area contributed by atoms with Gasteiger partial charge in [0.15, 0.2) is 5.78 Å². The van der Waals surface area contributed by atoms with E-state index in [0.717, 1.165) is 0 Å². The Hall–Kier alpha value is -1.22. The molecule has 0 aliphatic heterocycles. The van der Waals surface area contributed by atoms with E-state index in [-0.39, 0.29) is 18.0 Å². The van der Waals surface area contributed by atoms with Gasteiger partial charge in [0.2, 0.25) is 0 Å². The Bertz CT molecular complexity index is 341. The molecule has 0 aromatic heterocycles. The van der Waals surface area contributed by atoms with Gasteiger partial charge >= 0.3 is 0 Å². The summed E-state index contributed by atoms with van der Waals surface area (Å²) >= 11 is 0. The standard InChI is InChI=1S/C11H14FNO/c1-11(2,13)10(14)7-8-5-3-4-6-9(8)12/h3-6H,7,13H2,1-2H3. The van der Waals surface area contributed by atoms with Crippen LogP contribution in [0.3, 0.4) is 0 Å². The molecule has 0 saturated heterocycles. The summed E-state index contributed by atoms with van der Waals surface area (Å²) in [6, 6.07) is 6.23. The van der Waals surface area contributed by atoms with Crippen LogP contribution < -0.4 is 5.73 Å². The van der Waals surface area contributed by atoms with Crippen LogP contribution in [0.5, 0.6) is 0 Å². The molecule has 0 fully saturated rings. The molecule has 0 bridgehead atoms. The number of carbonyl (C=O) groups is 1. The zero-order valence-corrected chi connectivity index (χ0v) is 8.38. The van der Waals surface area contributed by atoms with Crippen LogP contribution in [0, 0.1) is 5.82 Å². The molecule has 1 rings (SSSR count). The van der Waals surface area contributed by atoms with Crippen molar-refractivity contribution in [1.29, 1.82) is 0 Å². The Labute approximate surface area is 82.9 Å². The molecule has 76 valence electrons. The van der Waals surface area contributed by atoms with Crippen molar-refractivity contribution in [3.05, 3.63) is 35.6 Å². The van der Waals surface area contributed by atoms with Gasteiger partial charge in [-0.05, 0) is 25.5 Å². The van der Waals surface area contributed by atoms with Crippen molar-refractivity contribution in [2.75, 3.05) is 0 Å². The van der Waals surface area contributed by atoms with Crippen LogP contribution in [-0.4, -0.2) is 11.3 Å². The van der Waals surface area contributed by atoms with Gasteiger partial charge in [-0.2, -0.15) is 0 Å². The predicted octanol–water partition coefficient (Wildman–Crippen LogP) is 1.67. The van der Waals surface area contributed by atoms with Gasteiger partial charge in [0.05, 0.1) is 5.54 Å². The minimum absolute atomic E-state index is 0.0518. The van der Waals surface area contributed by atoms with Gasteiger partial charge in [-0.15, -0.1) is 0 Å². The number of hydrogen-bond acceptors (Lipinski definition) is 2. The van der Waals surface area contributed by atoms with Gasteiger partial charge in [-0.25, -0.2) is 4.39 Å². The summed E-state index contributed by atoms with van der Waals surface area (Å²) < 4.78 is 13.1. The van der Waals surface area contributed by atoms with Crippen molar-refractivity contribution in [1.82, 2.24) is 0 Å². The van der Waals surface area contributed by atoms with Crippen molar-refractivity contribution in [3.63, 3.8) is 0 Å². The Kier molecular flexibility index (Phi) is 3.01. The number of Topliss-reactive ketones (excluding diaryl/α,β-unsaturated/α-hetero) is 1. The van der Waals surface area contributed by atoms with Gasteiger partial charge in [0.25, 0.3) is 0 Å². The molecule has 1 aromatic carbocycles. The molecular weight excluding hydrogens is 181 g/mol. The highest BCUT2D eigenvalue weighted by molar-refractivity contribution is 5.89. The maximum atomic E-state index is 13.1. The first-order chi connectivity index (χ1) is 6.41. The number of benzene rings is 1. The number of halogens is 1. The lowest BCUT2D eigenvalue weighted by molar-refractivity contribution is -0.122. The molecule has 2 nitrogen and oxygen atoms in total. The molecule has 0 spiro atoms. The number of rotatable bonds is 3. The fraction of sp³-hybridized carbons (Fsp3) is 0.364. The molecular formula is C11H14FNO. The highest BCUT2D eigenvalue weighted by atomic mass is 19.1. The molecule has 0 unspecified atom stereocenters. The summed E-state index contributed by atoms with van der Waals surface area (Å²) in [6.45, 7) is 3.24. The van der Waals surface area contributed by atoms with Crippen molar-refractivity contribution in [2.45, 2.75) is 25.8 Å². The summed E-state index contributed by atoms with van der Waals surface area (Å²) in [5.74, 6) is -0.521. The van der Waals surface area contributed by atoms with E-state index in [1.165, 1.54) is 6.07 Å². The van der Waals surface area contributed by atoms with Crippen LogP contribution in [0.2, 0.25) is 0 Å².